The van der Waals surface area contributed by atoms with Crippen LogP contribution in [0.5, 0.6) is 0 Å². The minimum Gasteiger partial charge on any atom is -0.327 e. The summed E-state index contributed by atoms with van der Waals surface area (Å²) < 4.78 is 0. The van der Waals surface area contributed by atoms with E-state index in [0.29, 0.717) is 6.54 Å². The Labute approximate surface area is 185 Å². The highest BCUT2D eigenvalue weighted by Crippen LogP contribution is 2.43. The minimum atomic E-state index is -0.00707. The summed E-state index contributed by atoms with van der Waals surface area (Å²) in [6.45, 7) is 2.80. The van der Waals surface area contributed by atoms with E-state index in [0.717, 1.165) is 32.4 Å². The van der Waals surface area contributed by atoms with Gasteiger partial charge in [0, 0.05) is 0 Å². The Bertz CT molecular complexity index is 974. The number of hydrazine groups is 1. The molecule has 160 valence electrons. The predicted molar refractivity (Wildman–Crippen MR) is 124 cm³/mol. The zero-order valence-electron chi connectivity index (χ0n) is 18.1. The molecule has 1 amide bonds. The van der Waals surface area contributed by atoms with Crippen LogP contribution >= 0.6 is 0 Å². The molecule has 0 bridgehead atoms. The lowest BCUT2D eigenvalue weighted by atomic mass is 9.86. The topological polar surface area (TPSA) is 36.8 Å². The van der Waals surface area contributed by atoms with Crippen LogP contribution in [0, 0.1) is 0 Å². The van der Waals surface area contributed by atoms with E-state index in [9.17, 15) is 4.79 Å². The van der Waals surface area contributed by atoms with Gasteiger partial charge in [-0.3, -0.25) is 10.2 Å². The maximum Gasteiger partial charge on any atom is 0.296 e. The zero-order chi connectivity index (χ0) is 21.0. The number of hydrogen-bond acceptors (Lipinski definition) is 2. The van der Waals surface area contributed by atoms with Gasteiger partial charge in [-0.05, 0) is 66.9 Å². The van der Waals surface area contributed by atoms with Crippen molar-refractivity contribution in [1.82, 2.24) is 10.4 Å². The van der Waals surface area contributed by atoms with Crippen molar-refractivity contribution in [2.24, 2.45) is 0 Å². The van der Waals surface area contributed by atoms with E-state index < -0.39 is 0 Å². The third kappa shape index (κ3) is 4.31. The third-order valence-electron chi connectivity index (χ3n) is 6.84. The van der Waals surface area contributed by atoms with Crippen LogP contribution in [0.2, 0.25) is 0 Å². The molecular weight excluding hydrogens is 382 g/mol. The summed E-state index contributed by atoms with van der Waals surface area (Å²) in [5.41, 5.74) is 9.84. The molecule has 0 saturated carbocycles. The van der Waals surface area contributed by atoms with Crippen LogP contribution in [0.4, 0.5) is 0 Å². The third-order valence-corrected chi connectivity index (χ3v) is 6.84. The molecule has 3 aliphatic rings. The molecule has 31 heavy (non-hydrogen) atoms. The van der Waals surface area contributed by atoms with E-state index in [4.69, 9.17) is 0 Å². The molecule has 0 radical (unpaired) electrons. The number of piperidine rings is 1. The van der Waals surface area contributed by atoms with E-state index in [2.05, 4.69) is 66.1 Å². The second kappa shape index (κ2) is 9.11. The number of quaternary nitrogens is 1. The van der Waals surface area contributed by atoms with Gasteiger partial charge in [0.15, 0.2) is 6.54 Å². The van der Waals surface area contributed by atoms with Gasteiger partial charge in [-0.25, -0.2) is 5.01 Å². The van der Waals surface area contributed by atoms with Gasteiger partial charge in [-0.1, -0.05) is 60.7 Å². The molecule has 1 saturated heterocycles. The van der Waals surface area contributed by atoms with Crippen molar-refractivity contribution >= 4 is 12.0 Å². The Kier molecular flexibility index (Phi) is 5.90. The molecule has 1 fully saturated rings. The molecule has 0 spiro atoms. The number of hydrogen-bond donors (Lipinski definition) is 2. The average Bonchev–Trinajstić information content (AvgIpc) is 3.22. The van der Waals surface area contributed by atoms with Crippen molar-refractivity contribution in [3.05, 3.63) is 88.6 Å². The van der Waals surface area contributed by atoms with E-state index in [1.54, 1.807) is 0 Å². The monoisotopic (exact) mass is 414 g/mol. The van der Waals surface area contributed by atoms with Gasteiger partial charge in [0.1, 0.15) is 6.04 Å². The van der Waals surface area contributed by atoms with Gasteiger partial charge in [-0.2, -0.15) is 0 Å². The molecule has 4 heteroatoms. The smallest absolute Gasteiger partial charge is 0.296 e. The lowest BCUT2D eigenvalue weighted by Gasteiger charge is -2.29. The average molecular weight is 415 g/mol. The van der Waals surface area contributed by atoms with E-state index >= 15 is 0 Å². The normalized spacial score (nSPS) is 23.0. The summed E-state index contributed by atoms with van der Waals surface area (Å²) in [7, 11) is 0. The lowest BCUT2D eigenvalue weighted by molar-refractivity contribution is -0.897. The first kappa shape index (κ1) is 20.1. The van der Waals surface area contributed by atoms with Gasteiger partial charge in [0.2, 0.25) is 0 Å². The van der Waals surface area contributed by atoms with Crippen LogP contribution in [0.1, 0.15) is 55.7 Å². The minimum absolute atomic E-state index is 0.00707. The molecule has 2 N–H and O–H groups in total. The molecule has 2 aliphatic heterocycles. The Hall–Kier alpha value is -2.85. The van der Waals surface area contributed by atoms with Crippen LogP contribution in [0.3, 0.4) is 0 Å². The predicted octanol–water partition coefficient (Wildman–Crippen LogP) is 3.66. The van der Waals surface area contributed by atoms with Gasteiger partial charge < -0.3 is 4.90 Å². The number of carbonyl (C=O) groups excluding carboxylic acids is 1. The molecule has 1 atom stereocenters. The number of nitrogens with zero attached hydrogens (tertiary/aromatic N) is 1. The van der Waals surface area contributed by atoms with Crippen molar-refractivity contribution in [2.75, 3.05) is 19.6 Å². The number of likely N-dealkylation sites (tertiary alicyclic amines) is 1. The van der Waals surface area contributed by atoms with Gasteiger partial charge in [-0.15, -0.1) is 0 Å². The van der Waals surface area contributed by atoms with Gasteiger partial charge in [0.25, 0.3) is 5.91 Å². The number of benzene rings is 2. The van der Waals surface area contributed by atoms with E-state index in [-0.39, 0.29) is 11.9 Å². The van der Waals surface area contributed by atoms with Crippen LogP contribution in [0.15, 0.2) is 77.5 Å². The van der Waals surface area contributed by atoms with Crippen LogP contribution in [-0.2, 0) is 4.79 Å². The molecule has 1 aliphatic carbocycles. The summed E-state index contributed by atoms with van der Waals surface area (Å²) in [6, 6.07) is 21.0. The SMILES string of the molecule is O=C(C[NH+]1CCCCC1)N1NC2=C(CCC/C2=C\c2ccccc2)[C@@H]1c1ccccc1. The summed E-state index contributed by atoms with van der Waals surface area (Å²) >= 11 is 0. The number of amides is 1. The highest BCUT2D eigenvalue weighted by Gasteiger charge is 2.40. The quantitative estimate of drug-likeness (QED) is 0.801. The number of rotatable bonds is 4. The summed E-state index contributed by atoms with van der Waals surface area (Å²) in [5, 5.41) is 1.94. The first-order valence-electron chi connectivity index (χ1n) is 11.8. The van der Waals surface area contributed by atoms with E-state index in [1.165, 1.54) is 52.1 Å². The largest absolute Gasteiger partial charge is 0.327 e. The fourth-order valence-electron chi connectivity index (χ4n) is 5.30. The maximum atomic E-state index is 13.5. The summed E-state index contributed by atoms with van der Waals surface area (Å²) in [4.78, 5) is 14.9. The standard InChI is InChI=1S/C27H31N3O/c31-25(20-29-17-8-3-9-18-29)30-27(22-13-6-2-7-14-22)24-16-10-15-23(26(24)28-30)19-21-11-4-1-5-12-21/h1-2,4-7,11-14,19,27-28H,3,8-10,15-18,20H2/p+1/b23-19+/t27-/m0/s1. The van der Waals surface area contributed by atoms with Gasteiger partial charge >= 0.3 is 0 Å². The molecular formula is C27H32N3O+. The first-order chi connectivity index (χ1) is 15.3. The van der Waals surface area contributed by atoms with Gasteiger partial charge in [0.05, 0.1) is 18.8 Å². The Morgan fingerprint density at radius 3 is 2.39 bits per heavy atom. The van der Waals surface area contributed by atoms with Crippen molar-refractivity contribution in [3.8, 4) is 0 Å². The van der Waals surface area contributed by atoms with Crippen LogP contribution < -0.4 is 10.3 Å². The highest BCUT2D eigenvalue weighted by molar-refractivity contribution is 5.79. The first-order valence-corrected chi connectivity index (χ1v) is 11.8. The fraction of sp³-hybridized carbons (Fsp3) is 0.370. The second-order valence-electron chi connectivity index (χ2n) is 9.01. The van der Waals surface area contributed by atoms with Crippen LogP contribution in [-0.4, -0.2) is 30.6 Å². The Morgan fingerprint density at radius 2 is 1.65 bits per heavy atom. The molecule has 0 aromatic heterocycles. The van der Waals surface area contributed by atoms with Crippen molar-refractivity contribution in [3.63, 3.8) is 0 Å². The Balaban J connectivity index is 1.47. The van der Waals surface area contributed by atoms with Crippen molar-refractivity contribution < 1.29 is 9.69 Å². The number of carbonyl (C=O) groups is 1. The van der Waals surface area contributed by atoms with E-state index in [1.807, 2.05) is 11.1 Å². The van der Waals surface area contributed by atoms with Crippen molar-refractivity contribution in [2.45, 2.75) is 44.6 Å². The number of allylic oxidation sites excluding steroid dienone is 1. The summed E-state index contributed by atoms with van der Waals surface area (Å²) in [5.74, 6) is 0.208. The molecule has 2 aromatic rings. The molecule has 2 heterocycles. The van der Waals surface area contributed by atoms with Crippen LogP contribution in [0.25, 0.3) is 6.08 Å². The molecule has 4 nitrogen and oxygen atoms in total. The summed E-state index contributed by atoms with van der Waals surface area (Å²) in [6.07, 6.45) is 9.26. The Morgan fingerprint density at radius 1 is 0.935 bits per heavy atom. The van der Waals surface area contributed by atoms with Crippen molar-refractivity contribution in [1.29, 1.82) is 0 Å². The highest BCUT2D eigenvalue weighted by atomic mass is 16.2. The fourth-order valence-corrected chi connectivity index (χ4v) is 5.30. The molecule has 2 aromatic carbocycles. The lowest BCUT2D eigenvalue weighted by Crippen LogP contribution is -3.14. The molecule has 0 unspecified atom stereocenters. The molecule has 5 rings (SSSR count). The number of nitrogens with one attached hydrogen (secondary N) is 2. The zero-order valence-corrected chi connectivity index (χ0v) is 18.1. The second-order valence-corrected chi connectivity index (χ2v) is 9.01. The maximum absolute atomic E-state index is 13.5.